The number of benzene rings is 1. The second-order valence-corrected chi connectivity index (χ2v) is 6.42. The molecular formula is C16H19FN2S. The zero-order valence-electron chi connectivity index (χ0n) is 11.8. The summed E-state index contributed by atoms with van der Waals surface area (Å²) in [5.74, 6) is -0.176. The number of nitrogens with zero attached hydrogens (tertiary/aromatic N) is 1. The van der Waals surface area contributed by atoms with E-state index in [4.69, 9.17) is 5.73 Å². The summed E-state index contributed by atoms with van der Waals surface area (Å²) in [5.41, 5.74) is 8.66. The van der Waals surface area contributed by atoms with Gasteiger partial charge in [0, 0.05) is 17.5 Å². The molecule has 4 heteroatoms. The summed E-state index contributed by atoms with van der Waals surface area (Å²) in [5, 5.41) is 2.13. The van der Waals surface area contributed by atoms with Gasteiger partial charge in [-0.1, -0.05) is 6.07 Å². The zero-order chi connectivity index (χ0) is 14.3. The van der Waals surface area contributed by atoms with E-state index in [0.717, 1.165) is 18.5 Å². The van der Waals surface area contributed by atoms with Gasteiger partial charge in [0.05, 0.1) is 11.7 Å². The van der Waals surface area contributed by atoms with Crippen LogP contribution >= 0.6 is 11.3 Å². The normalized spacial score (nSPS) is 19.8. The Morgan fingerprint density at radius 3 is 2.90 bits per heavy atom. The van der Waals surface area contributed by atoms with Gasteiger partial charge in [0.1, 0.15) is 5.82 Å². The number of rotatable bonds is 2. The van der Waals surface area contributed by atoms with Gasteiger partial charge in [0.25, 0.3) is 0 Å². The van der Waals surface area contributed by atoms with Crippen molar-refractivity contribution in [1.29, 1.82) is 0 Å². The fourth-order valence-corrected chi connectivity index (χ4v) is 3.84. The van der Waals surface area contributed by atoms with Gasteiger partial charge in [-0.15, -0.1) is 11.3 Å². The number of anilines is 1. The molecule has 1 aliphatic heterocycles. The van der Waals surface area contributed by atoms with Crippen LogP contribution in [0.5, 0.6) is 0 Å². The predicted molar refractivity (Wildman–Crippen MR) is 82.8 cm³/mol. The summed E-state index contributed by atoms with van der Waals surface area (Å²) in [4.78, 5) is 3.58. The van der Waals surface area contributed by atoms with E-state index in [1.54, 1.807) is 17.4 Å². The molecule has 0 fully saturated rings. The van der Waals surface area contributed by atoms with Crippen molar-refractivity contribution in [2.24, 2.45) is 5.73 Å². The van der Waals surface area contributed by atoms with Crippen LogP contribution in [0.2, 0.25) is 0 Å². The minimum absolute atomic E-state index is 0.138. The number of nitrogens with two attached hydrogens (primary N) is 1. The molecule has 2 nitrogen and oxygen atoms in total. The van der Waals surface area contributed by atoms with Crippen LogP contribution in [0.15, 0.2) is 29.6 Å². The molecule has 2 aromatic rings. The molecule has 0 amide bonds. The predicted octanol–water partition coefficient (Wildman–Crippen LogP) is 4.03. The third kappa shape index (κ3) is 2.23. The van der Waals surface area contributed by atoms with Crippen LogP contribution in [0.25, 0.3) is 0 Å². The van der Waals surface area contributed by atoms with Crippen molar-refractivity contribution in [3.05, 3.63) is 51.5 Å². The standard InChI is InChI=1S/C16H19FN2S/c1-10(18)12-3-4-15(14(17)9-12)19-7-5-16-13(11(19)2)6-8-20-16/h3-4,6,8-11H,5,7,18H2,1-2H3. The molecule has 2 atom stereocenters. The lowest BCUT2D eigenvalue weighted by atomic mass is 10.00. The molecule has 0 aliphatic carbocycles. The monoisotopic (exact) mass is 290 g/mol. The lowest BCUT2D eigenvalue weighted by Gasteiger charge is -2.36. The highest BCUT2D eigenvalue weighted by Gasteiger charge is 2.26. The maximum absolute atomic E-state index is 14.4. The fraction of sp³-hybridized carbons (Fsp3) is 0.375. The number of halogens is 1. The molecule has 2 heterocycles. The van der Waals surface area contributed by atoms with E-state index in [2.05, 4.69) is 23.3 Å². The Hall–Kier alpha value is -1.39. The van der Waals surface area contributed by atoms with Crippen molar-refractivity contribution >= 4 is 17.0 Å². The first-order valence-corrected chi connectivity index (χ1v) is 7.84. The van der Waals surface area contributed by atoms with Gasteiger partial charge < -0.3 is 10.6 Å². The Morgan fingerprint density at radius 2 is 2.20 bits per heavy atom. The van der Waals surface area contributed by atoms with Gasteiger partial charge >= 0.3 is 0 Å². The molecule has 3 rings (SSSR count). The highest BCUT2D eigenvalue weighted by atomic mass is 32.1. The summed E-state index contributed by atoms with van der Waals surface area (Å²) >= 11 is 1.80. The van der Waals surface area contributed by atoms with Crippen LogP contribution in [0.1, 0.15) is 41.9 Å². The van der Waals surface area contributed by atoms with Crippen LogP contribution in [0.3, 0.4) is 0 Å². The molecule has 0 spiro atoms. The highest BCUT2D eigenvalue weighted by Crippen LogP contribution is 2.37. The molecule has 0 saturated heterocycles. The van der Waals surface area contributed by atoms with Crippen molar-refractivity contribution < 1.29 is 4.39 Å². The lowest BCUT2D eigenvalue weighted by molar-refractivity contribution is 0.579. The van der Waals surface area contributed by atoms with Crippen LogP contribution in [0, 0.1) is 5.82 Å². The summed E-state index contributed by atoms with van der Waals surface area (Å²) in [6, 6.07) is 7.60. The Bertz CT molecular complexity index is 621. The van der Waals surface area contributed by atoms with Crippen LogP contribution in [-0.2, 0) is 6.42 Å². The van der Waals surface area contributed by atoms with Crippen LogP contribution in [-0.4, -0.2) is 6.54 Å². The Balaban J connectivity index is 1.94. The summed E-state index contributed by atoms with van der Waals surface area (Å²) in [6.07, 6.45) is 0.992. The molecule has 1 aliphatic rings. The summed E-state index contributed by atoms with van der Waals surface area (Å²) in [6.45, 7) is 4.88. The van der Waals surface area contributed by atoms with E-state index in [0.29, 0.717) is 5.69 Å². The van der Waals surface area contributed by atoms with Gasteiger partial charge in [-0.2, -0.15) is 0 Å². The minimum atomic E-state index is -0.176. The van der Waals surface area contributed by atoms with Crippen LogP contribution in [0.4, 0.5) is 10.1 Å². The van der Waals surface area contributed by atoms with Crippen molar-refractivity contribution in [3.8, 4) is 0 Å². The van der Waals surface area contributed by atoms with Crippen molar-refractivity contribution in [1.82, 2.24) is 0 Å². The third-order valence-electron chi connectivity index (χ3n) is 4.08. The Morgan fingerprint density at radius 1 is 1.40 bits per heavy atom. The second-order valence-electron chi connectivity index (χ2n) is 5.42. The average Bonchev–Trinajstić information content (AvgIpc) is 2.89. The smallest absolute Gasteiger partial charge is 0.146 e. The molecule has 2 unspecified atom stereocenters. The maximum Gasteiger partial charge on any atom is 0.146 e. The molecule has 0 saturated carbocycles. The van der Waals surface area contributed by atoms with Crippen molar-refractivity contribution in [3.63, 3.8) is 0 Å². The van der Waals surface area contributed by atoms with E-state index in [-0.39, 0.29) is 17.9 Å². The summed E-state index contributed by atoms with van der Waals surface area (Å²) < 4.78 is 14.4. The van der Waals surface area contributed by atoms with Gasteiger partial charge in [0.2, 0.25) is 0 Å². The Kier molecular flexibility index (Phi) is 3.52. The number of hydrogen-bond donors (Lipinski definition) is 1. The van der Waals surface area contributed by atoms with Gasteiger partial charge in [-0.25, -0.2) is 4.39 Å². The van der Waals surface area contributed by atoms with E-state index in [1.807, 2.05) is 19.1 Å². The minimum Gasteiger partial charge on any atom is -0.362 e. The van der Waals surface area contributed by atoms with E-state index in [9.17, 15) is 4.39 Å². The van der Waals surface area contributed by atoms with Gasteiger partial charge in [0.15, 0.2) is 0 Å². The number of fused-ring (bicyclic) bond motifs is 1. The molecular weight excluding hydrogens is 271 g/mol. The van der Waals surface area contributed by atoms with E-state index in [1.165, 1.54) is 10.4 Å². The molecule has 0 radical (unpaired) electrons. The zero-order valence-corrected chi connectivity index (χ0v) is 12.6. The summed E-state index contributed by atoms with van der Waals surface area (Å²) in [7, 11) is 0. The van der Waals surface area contributed by atoms with Crippen molar-refractivity contribution in [2.45, 2.75) is 32.4 Å². The highest BCUT2D eigenvalue weighted by molar-refractivity contribution is 7.10. The number of hydrogen-bond acceptors (Lipinski definition) is 3. The van der Waals surface area contributed by atoms with E-state index < -0.39 is 0 Å². The Labute approximate surface area is 123 Å². The molecule has 2 N–H and O–H groups in total. The van der Waals surface area contributed by atoms with E-state index >= 15 is 0 Å². The molecule has 106 valence electrons. The molecule has 1 aromatic heterocycles. The lowest BCUT2D eigenvalue weighted by Crippen LogP contribution is -2.33. The first-order valence-electron chi connectivity index (χ1n) is 6.96. The largest absolute Gasteiger partial charge is 0.362 e. The quantitative estimate of drug-likeness (QED) is 0.904. The first kappa shape index (κ1) is 13.6. The van der Waals surface area contributed by atoms with Crippen LogP contribution < -0.4 is 10.6 Å². The SMILES string of the molecule is CC(N)c1ccc(N2CCc3sccc3C2C)c(F)c1. The first-order chi connectivity index (χ1) is 9.58. The number of thiophene rings is 1. The third-order valence-corrected chi connectivity index (χ3v) is 5.08. The fourth-order valence-electron chi connectivity index (χ4n) is 2.88. The molecule has 20 heavy (non-hydrogen) atoms. The average molecular weight is 290 g/mol. The molecule has 0 bridgehead atoms. The topological polar surface area (TPSA) is 29.3 Å². The van der Waals surface area contributed by atoms with Gasteiger partial charge in [-0.3, -0.25) is 0 Å². The molecule has 1 aromatic carbocycles. The van der Waals surface area contributed by atoms with Gasteiger partial charge in [-0.05, 0) is 55.0 Å². The second kappa shape index (κ2) is 5.19. The maximum atomic E-state index is 14.4. The van der Waals surface area contributed by atoms with Crippen molar-refractivity contribution in [2.75, 3.05) is 11.4 Å².